The van der Waals surface area contributed by atoms with Crippen molar-refractivity contribution in [3.8, 4) is 0 Å². The third-order valence-electron chi connectivity index (χ3n) is 2.72. The highest BCUT2D eigenvalue weighted by Crippen LogP contribution is 2.14. The Hall–Kier alpha value is -0.280. The van der Waals surface area contributed by atoms with Gasteiger partial charge in [-0.2, -0.15) is 0 Å². The van der Waals surface area contributed by atoms with Crippen molar-refractivity contribution in [3.05, 3.63) is 0 Å². The van der Waals surface area contributed by atoms with E-state index in [9.17, 15) is 4.79 Å². The van der Waals surface area contributed by atoms with Crippen molar-refractivity contribution in [1.82, 2.24) is 5.32 Å². The van der Waals surface area contributed by atoms with Crippen LogP contribution >= 0.6 is 11.6 Å². The summed E-state index contributed by atoms with van der Waals surface area (Å²) in [4.78, 5) is 11.4. The molecule has 2 atom stereocenters. The van der Waals surface area contributed by atoms with Crippen molar-refractivity contribution in [2.75, 3.05) is 19.0 Å². The molecule has 0 radical (unpaired) electrons. The second-order valence-corrected chi connectivity index (χ2v) is 4.43. The summed E-state index contributed by atoms with van der Waals surface area (Å²) in [5, 5.41) is 2.88. The predicted molar refractivity (Wildman–Crippen MR) is 61.1 cm³/mol. The summed E-state index contributed by atoms with van der Waals surface area (Å²) in [6.45, 7) is 3.40. The van der Waals surface area contributed by atoms with Crippen LogP contribution in [0.1, 0.15) is 32.6 Å². The van der Waals surface area contributed by atoms with Gasteiger partial charge in [0.25, 0.3) is 0 Å². The monoisotopic (exact) mass is 233 g/mol. The summed E-state index contributed by atoms with van der Waals surface area (Å²) in [5.74, 6) is 0.325. The standard InChI is InChI=1S/C11H20ClNO2/c1-9(8-12)11(14)13-6-5-10-4-2-3-7-15-10/h9-10H,2-8H2,1H3,(H,13,14). The minimum atomic E-state index is -0.0982. The highest BCUT2D eigenvalue weighted by atomic mass is 35.5. The van der Waals surface area contributed by atoms with Crippen LogP contribution in [0.2, 0.25) is 0 Å². The van der Waals surface area contributed by atoms with Crippen LogP contribution in [-0.2, 0) is 9.53 Å². The van der Waals surface area contributed by atoms with Crippen LogP contribution in [0.25, 0.3) is 0 Å². The molecular weight excluding hydrogens is 214 g/mol. The normalized spacial score (nSPS) is 23.5. The second-order valence-electron chi connectivity index (χ2n) is 4.12. The zero-order valence-electron chi connectivity index (χ0n) is 9.30. The largest absolute Gasteiger partial charge is 0.378 e. The Morgan fingerprint density at radius 3 is 3.00 bits per heavy atom. The quantitative estimate of drug-likeness (QED) is 0.737. The predicted octanol–water partition coefficient (Wildman–Crippen LogP) is 1.94. The molecule has 1 saturated heterocycles. The third kappa shape index (κ3) is 4.85. The fourth-order valence-corrected chi connectivity index (χ4v) is 1.78. The Labute approximate surface area is 96.5 Å². The fraction of sp³-hybridized carbons (Fsp3) is 0.909. The average molecular weight is 234 g/mol. The van der Waals surface area contributed by atoms with Crippen molar-refractivity contribution in [2.24, 2.45) is 5.92 Å². The van der Waals surface area contributed by atoms with Crippen molar-refractivity contribution in [3.63, 3.8) is 0 Å². The molecular formula is C11H20ClNO2. The maximum absolute atomic E-state index is 11.4. The van der Waals surface area contributed by atoms with E-state index in [1.165, 1.54) is 12.8 Å². The van der Waals surface area contributed by atoms with Crippen LogP contribution in [0.5, 0.6) is 0 Å². The van der Waals surface area contributed by atoms with Crippen molar-refractivity contribution in [2.45, 2.75) is 38.7 Å². The van der Waals surface area contributed by atoms with Crippen LogP contribution in [0.15, 0.2) is 0 Å². The van der Waals surface area contributed by atoms with Gasteiger partial charge in [-0.25, -0.2) is 0 Å². The smallest absolute Gasteiger partial charge is 0.224 e. The minimum Gasteiger partial charge on any atom is -0.378 e. The van der Waals surface area contributed by atoms with Gasteiger partial charge in [-0.3, -0.25) is 4.79 Å². The van der Waals surface area contributed by atoms with Gasteiger partial charge < -0.3 is 10.1 Å². The Bertz CT molecular complexity index is 193. The third-order valence-corrected chi connectivity index (χ3v) is 3.18. The topological polar surface area (TPSA) is 38.3 Å². The molecule has 0 spiro atoms. The number of halogens is 1. The summed E-state index contributed by atoms with van der Waals surface area (Å²) in [6.07, 6.45) is 4.80. The Morgan fingerprint density at radius 1 is 1.60 bits per heavy atom. The number of amides is 1. The molecule has 0 aromatic carbocycles. The summed E-state index contributed by atoms with van der Waals surface area (Å²) in [6, 6.07) is 0. The van der Waals surface area contributed by atoms with E-state index in [2.05, 4.69) is 5.32 Å². The summed E-state index contributed by atoms with van der Waals surface area (Å²) in [7, 11) is 0. The lowest BCUT2D eigenvalue weighted by molar-refractivity contribution is -0.124. The molecule has 1 aliphatic rings. The van der Waals surface area contributed by atoms with Crippen LogP contribution < -0.4 is 5.32 Å². The number of carbonyl (C=O) groups excluding carboxylic acids is 1. The van der Waals surface area contributed by atoms with Gasteiger partial charge in [-0.15, -0.1) is 11.6 Å². The van der Waals surface area contributed by atoms with E-state index in [-0.39, 0.29) is 11.8 Å². The SMILES string of the molecule is CC(CCl)C(=O)NCCC1CCCCO1. The molecule has 1 fully saturated rings. The summed E-state index contributed by atoms with van der Waals surface area (Å²) < 4.78 is 5.57. The molecule has 0 aromatic heterocycles. The van der Waals surface area contributed by atoms with Crippen LogP contribution in [0, 0.1) is 5.92 Å². The lowest BCUT2D eigenvalue weighted by atomic mass is 10.1. The molecule has 1 N–H and O–H groups in total. The summed E-state index contributed by atoms with van der Waals surface area (Å²) in [5.41, 5.74) is 0. The summed E-state index contributed by atoms with van der Waals surface area (Å²) >= 11 is 5.59. The van der Waals surface area contributed by atoms with E-state index in [4.69, 9.17) is 16.3 Å². The van der Waals surface area contributed by atoms with Gasteiger partial charge in [0.2, 0.25) is 5.91 Å². The van der Waals surface area contributed by atoms with E-state index >= 15 is 0 Å². The van der Waals surface area contributed by atoms with Gasteiger partial charge in [-0.1, -0.05) is 6.92 Å². The first-order valence-electron chi connectivity index (χ1n) is 5.69. The molecule has 3 nitrogen and oxygen atoms in total. The lowest BCUT2D eigenvalue weighted by Gasteiger charge is -2.22. The highest BCUT2D eigenvalue weighted by Gasteiger charge is 2.15. The molecule has 1 aliphatic heterocycles. The zero-order valence-corrected chi connectivity index (χ0v) is 10.1. The lowest BCUT2D eigenvalue weighted by Crippen LogP contribution is -2.33. The number of rotatable bonds is 5. The first-order chi connectivity index (χ1) is 7.24. The number of nitrogens with one attached hydrogen (secondary N) is 1. The number of hydrogen-bond donors (Lipinski definition) is 1. The minimum absolute atomic E-state index is 0.0424. The van der Waals surface area contributed by atoms with Crippen molar-refractivity contribution >= 4 is 17.5 Å². The van der Waals surface area contributed by atoms with E-state index in [0.717, 1.165) is 19.4 Å². The molecule has 2 unspecified atom stereocenters. The number of alkyl halides is 1. The zero-order chi connectivity index (χ0) is 11.1. The van der Waals surface area contributed by atoms with Gasteiger partial charge in [0, 0.05) is 24.9 Å². The maximum atomic E-state index is 11.4. The van der Waals surface area contributed by atoms with E-state index in [1.807, 2.05) is 6.92 Å². The van der Waals surface area contributed by atoms with E-state index in [1.54, 1.807) is 0 Å². The molecule has 4 heteroatoms. The van der Waals surface area contributed by atoms with Crippen LogP contribution in [-0.4, -0.2) is 31.0 Å². The highest BCUT2D eigenvalue weighted by molar-refractivity contribution is 6.19. The van der Waals surface area contributed by atoms with Gasteiger partial charge >= 0.3 is 0 Å². The molecule has 0 aromatic rings. The molecule has 88 valence electrons. The molecule has 1 rings (SSSR count). The molecule has 0 aliphatic carbocycles. The van der Waals surface area contributed by atoms with E-state index < -0.39 is 0 Å². The second kappa shape index (κ2) is 7.07. The first-order valence-corrected chi connectivity index (χ1v) is 6.22. The van der Waals surface area contributed by atoms with Crippen molar-refractivity contribution in [1.29, 1.82) is 0 Å². The average Bonchev–Trinajstić information content (AvgIpc) is 2.29. The molecule has 15 heavy (non-hydrogen) atoms. The molecule has 0 bridgehead atoms. The van der Waals surface area contributed by atoms with Crippen LogP contribution in [0.3, 0.4) is 0 Å². The fourth-order valence-electron chi connectivity index (χ4n) is 1.64. The van der Waals surface area contributed by atoms with Crippen molar-refractivity contribution < 1.29 is 9.53 Å². The molecule has 1 heterocycles. The molecule has 1 amide bonds. The van der Waals surface area contributed by atoms with Crippen LogP contribution in [0.4, 0.5) is 0 Å². The number of ether oxygens (including phenoxy) is 1. The first kappa shape index (κ1) is 12.8. The van der Waals surface area contributed by atoms with Gasteiger partial charge in [0.05, 0.1) is 6.10 Å². The Balaban J connectivity index is 2.07. The maximum Gasteiger partial charge on any atom is 0.224 e. The van der Waals surface area contributed by atoms with Gasteiger partial charge in [0.15, 0.2) is 0 Å². The van der Waals surface area contributed by atoms with Gasteiger partial charge in [-0.05, 0) is 25.7 Å². The number of carbonyl (C=O) groups is 1. The van der Waals surface area contributed by atoms with Gasteiger partial charge in [0.1, 0.15) is 0 Å². The molecule has 0 saturated carbocycles. The number of hydrogen-bond acceptors (Lipinski definition) is 2. The Morgan fingerprint density at radius 2 is 2.40 bits per heavy atom. The van der Waals surface area contributed by atoms with E-state index in [0.29, 0.717) is 18.5 Å². The Kier molecular flexibility index (Phi) is 6.03.